The molecule has 14 heavy (non-hydrogen) atoms. The molecule has 1 unspecified atom stereocenters. The first-order chi connectivity index (χ1) is 6.20. The van der Waals surface area contributed by atoms with E-state index in [1.807, 2.05) is 39.6 Å². The van der Waals surface area contributed by atoms with Gasteiger partial charge in [0.15, 0.2) is 0 Å². The fraction of sp³-hybridized carbons (Fsp3) is 0.900. The van der Waals surface area contributed by atoms with Crippen molar-refractivity contribution in [3.8, 4) is 0 Å². The van der Waals surface area contributed by atoms with Gasteiger partial charge in [-0.15, -0.1) is 0 Å². The Bertz CT molecular complexity index is 184. The summed E-state index contributed by atoms with van der Waals surface area (Å²) in [6.07, 6.45) is 0. The average Bonchev–Trinajstić information content (AvgIpc) is 1.77. The lowest BCUT2D eigenvalue weighted by Gasteiger charge is -2.24. The van der Waals surface area contributed by atoms with Crippen molar-refractivity contribution in [2.75, 3.05) is 20.1 Å². The van der Waals surface area contributed by atoms with Crippen LogP contribution in [0.15, 0.2) is 0 Å². The maximum atomic E-state index is 11.5. The second-order valence-corrected chi connectivity index (χ2v) is 4.97. The lowest BCUT2D eigenvalue weighted by atomic mass is 10.1. The van der Waals surface area contributed by atoms with Crippen molar-refractivity contribution >= 4 is 5.91 Å². The van der Waals surface area contributed by atoms with Crippen LogP contribution in [0.3, 0.4) is 0 Å². The van der Waals surface area contributed by atoms with Gasteiger partial charge in [-0.1, -0.05) is 0 Å². The van der Waals surface area contributed by atoms with Gasteiger partial charge in [-0.3, -0.25) is 9.69 Å². The fourth-order valence-electron chi connectivity index (χ4n) is 1.26. The van der Waals surface area contributed by atoms with Crippen molar-refractivity contribution in [3.63, 3.8) is 0 Å². The van der Waals surface area contributed by atoms with Crippen LogP contribution in [-0.4, -0.2) is 42.5 Å². The second kappa shape index (κ2) is 5.32. The SMILES string of the molecule is CC(N)CN(C)CC(=O)NC(C)(C)C. The summed E-state index contributed by atoms with van der Waals surface area (Å²) in [5.74, 6) is 0.0423. The molecule has 0 heterocycles. The van der Waals surface area contributed by atoms with E-state index in [2.05, 4.69) is 5.32 Å². The van der Waals surface area contributed by atoms with Gasteiger partial charge in [0.25, 0.3) is 0 Å². The van der Waals surface area contributed by atoms with Gasteiger partial charge in [-0.05, 0) is 34.7 Å². The molecule has 84 valence electrons. The predicted octanol–water partition coefficient (Wildman–Crippen LogP) is 0.180. The van der Waals surface area contributed by atoms with Crippen LogP contribution >= 0.6 is 0 Å². The highest BCUT2D eigenvalue weighted by Gasteiger charge is 2.15. The summed E-state index contributed by atoms with van der Waals surface area (Å²) in [5, 5.41) is 2.90. The molecule has 4 heteroatoms. The van der Waals surface area contributed by atoms with Gasteiger partial charge in [-0.25, -0.2) is 0 Å². The van der Waals surface area contributed by atoms with E-state index in [1.54, 1.807) is 0 Å². The molecule has 0 spiro atoms. The maximum absolute atomic E-state index is 11.5. The molecule has 0 saturated heterocycles. The molecule has 1 atom stereocenters. The molecule has 0 aliphatic heterocycles. The van der Waals surface area contributed by atoms with Crippen molar-refractivity contribution in [3.05, 3.63) is 0 Å². The first-order valence-corrected chi connectivity index (χ1v) is 4.96. The molecule has 4 nitrogen and oxygen atoms in total. The summed E-state index contributed by atoms with van der Waals surface area (Å²) in [5.41, 5.74) is 5.46. The Morgan fingerprint density at radius 2 is 2.00 bits per heavy atom. The van der Waals surface area contributed by atoms with Crippen LogP contribution in [0, 0.1) is 0 Å². The fourth-order valence-corrected chi connectivity index (χ4v) is 1.26. The van der Waals surface area contributed by atoms with E-state index in [9.17, 15) is 4.79 Å². The number of hydrogen-bond acceptors (Lipinski definition) is 3. The molecule has 0 aromatic heterocycles. The lowest BCUT2D eigenvalue weighted by Crippen LogP contribution is -2.46. The third-order valence-corrected chi connectivity index (χ3v) is 1.53. The lowest BCUT2D eigenvalue weighted by molar-refractivity contribution is -0.123. The Kier molecular flexibility index (Phi) is 5.08. The highest BCUT2D eigenvalue weighted by molar-refractivity contribution is 5.78. The minimum atomic E-state index is -0.160. The molecule has 0 aromatic carbocycles. The third kappa shape index (κ3) is 8.01. The van der Waals surface area contributed by atoms with Gasteiger partial charge in [0.2, 0.25) is 5.91 Å². The van der Waals surface area contributed by atoms with Crippen LogP contribution in [0.1, 0.15) is 27.7 Å². The number of carbonyl (C=O) groups is 1. The topological polar surface area (TPSA) is 58.4 Å². The first-order valence-electron chi connectivity index (χ1n) is 4.96. The van der Waals surface area contributed by atoms with Gasteiger partial charge >= 0.3 is 0 Å². The van der Waals surface area contributed by atoms with Crippen molar-refractivity contribution in [1.29, 1.82) is 0 Å². The number of hydrogen-bond donors (Lipinski definition) is 2. The van der Waals surface area contributed by atoms with E-state index in [1.165, 1.54) is 0 Å². The van der Waals surface area contributed by atoms with Gasteiger partial charge in [0.05, 0.1) is 6.54 Å². The molecule has 0 aliphatic carbocycles. The average molecular weight is 201 g/mol. The Hall–Kier alpha value is -0.610. The van der Waals surface area contributed by atoms with E-state index < -0.39 is 0 Å². The van der Waals surface area contributed by atoms with Crippen LogP contribution < -0.4 is 11.1 Å². The van der Waals surface area contributed by atoms with Crippen molar-refractivity contribution in [2.45, 2.75) is 39.3 Å². The molecule has 0 fully saturated rings. The van der Waals surface area contributed by atoms with Gasteiger partial charge < -0.3 is 11.1 Å². The standard InChI is InChI=1S/C10H23N3O/c1-8(11)6-13(5)7-9(14)12-10(2,3)4/h8H,6-7,11H2,1-5H3,(H,12,14). The molecule has 1 amide bonds. The number of rotatable bonds is 4. The summed E-state index contributed by atoms with van der Waals surface area (Å²) < 4.78 is 0. The minimum Gasteiger partial charge on any atom is -0.350 e. The van der Waals surface area contributed by atoms with Gasteiger partial charge in [0, 0.05) is 18.1 Å². The van der Waals surface area contributed by atoms with E-state index in [4.69, 9.17) is 5.73 Å². The number of likely N-dealkylation sites (N-methyl/N-ethyl adjacent to an activating group) is 1. The van der Waals surface area contributed by atoms with Crippen molar-refractivity contribution in [1.82, 2.24) is 10.2 Å². The highest BCUT2D eigenvalue weighted by atomic mass is 16.2. The zero-order chi connectivity index (χ0) is 11.4. The van der Waals surface area contributed by atoms with Gasteiger partial charge in [0.1, 0.15) is 0 Å². The number of carbonyl (C=O) groups excluding carboxylic acids is 1. The Morgan fingerprint density at radius 3 is 2.36 bits per heavy atom. The van der Waals surface area contributed by atoms with E-state index >= 15 is 0 Å². The number of nitrogens with two attached hydrogens (primary N) is 1. The molecule has 0 aromatic rings. The molecule has 0 bridgehead atoms. The summed E-state index contributed by atoms with van der Waals surface area (Å²) in [6.45, 7) is 8.97. The Labute approximate surface area is 86.8 Å². The van der Waals surface area contributed by atoms with E-state index in [0.29, 0.717) is 6.54 Å². The van der Waals surface area contributed by atoms with Crippen LogP contribution in [0.4, 0.5) is 0 Å². The normalized spacial score (nSPS) is 14.2. The molecule has 0 radical (unpaired) electrons. The molecule has 0 rings (SSSR count). The zero-order valence-corrected chi connectivity index (χ0v) is 9.92. The second-order valence-electron chi connectivity index (χ2n) is 4.97. The van der Waals surface area contributed by atoms with Crippen molar-refractivity contribution < 1.29 is 4.79 Å². The Balaban J connectivity index is 3.83. The molecule has 0 aliphatic rings. The summed E-state index contributed by atoms with van der Waals surface area (Å²) in [4.78, 5) is 13.4. The summed E-state index contributed by atoms with van der Waals surface area (Å²) in [6, 6.07) is 0.0995. The number of nitrogens with zero attached hydrogens (tertiary/aromatic N) is 1. The largest absolute Gasteiger partial charge is 0.350 e. The Morgan fingerprint density at radius 1 is 1.50 bits per heavy atom. The summed E-state index contributed by atoms with van der Waals surface area (Å²) in [7, 11) is 1.89. The highest BCUT2D eigenvalue weighted by Crippen LogP contribution is 1.98. The summed E-state index contributed by atoms with van der Waals surface area (Å²) >= 11 is 0. The van der Waals surface area contributed by atoms with Crippen LogP contribution in [-0.2, 0) is 4.79 Å². The van der Waals surface area contributed by atoms with E-state index in [0.717, 1.165) is 6.54 Å². The minimum absolute atomic E-state index is 0.0423. The van der Waals surface area contributed by atoms with Crippen LogP contribution in [0.2, 0.25) is 0 Å². The quantitative estimate of drug-likeness (QED) is 0.682. The van der Waals surface area contributed by atoms with Crippen molar-refractivity contribution in [2.24, 2.45) is 5.73 Å². The first kappa shape index (κ1) is 13.4. The zero-order valence-electron chi connectivity index (χ0n) is 9.92. The van der Waals surface area contributed by atoms with Crippen LogP contribution in [0.25, 0.3) is 0 Å². The van der Waals surface area contributed by atoms with Gasteiger partial charge in [-0.2, -0.15) is 0 Å². The third-order valence-electron chi connectivity index (χ3n) is 1.53. The van der Waals surface area contributed by atoms with Crippen LogP contribution in [0.5, 0.6) is 0 Å². The molecular formula is C10H23N3O. The maximum Gasteiger partial charge on any atom is 0.234 e. The molecule has 3 N–H and O–H groups in total. The monoisotopic (exact) mass is 201 g/mol. The van der Waals surface area contributed by atoms with E-state index in [-0.39, 0.29) is 17.5 Å². The number of nitrogens with one attached hydrogen (secondary N) is 1. The smallest absolute Gasteiger partial charge is 0.234 e. The molecule has 0 saturated carbocycles. The molecular weight excluding hydrogens is 178 g/mol. The number of amides is 1. The predicted molar refractivity (Wildman–Crippen MR) is 59.0 cm³/mol.